The van der Waals surface area contributed by atoms with Gasteiger partial charge in [0.2, 0.25) is 0 Å². The summed E-state index contributed by atoms with van der Waals surface area (Å²) in [6.45, 7) is 1.87. The van der Waals surface area contributed by atoms with Gasteiger partial charge in [0.25, 0.3) is 0 Å². The summed E-state index contributed by atoms with van der Waals surface area (Å²) in [5, 5.41) is 4.20. The van der Waals surface area contributed by atoms with Crippen molar-refractivity contribution >= 4 is 21.6 Å². The zero-order chi connectivity index (χ0) is 11.0. The van der Waals surface area contributed by atoms with Gasteiger partial charge in [0.15, 0.2) is 5.82 Å². The Bertz CT molecular complexity index is 484. The Balaban J connectivity index is 2.58. The molecule has 2 N–H and O–H groups in total. The van der Waals surface area contributed by atoms with Crippen molar-refractivity contribution in [2.75, 3.05) is 5.73 Å². The third-order valence-electron chi connectivity index (χ3n) is 2.05. The minimum Gasteiger partial charge on any atom is -0.399 e. The molecule has 5 heteroatoms. The second-order valence-electron chi connectivity index (χ2n) is 3.38. The third-order valence-corrected chi connectivity index (χ3v) is 2.51. The molecule has 0 aliphatic carbocycles. The molecule has 2 rings (SSSR count). The van der Waals surface area contributed by atoms with Crippen molar-refractivity contribution in [2.24, 2.45) is 7.05 Å². The molecule has 0 bridgehead atoms. The lowest BCUT2D eigenvalue weighted by molar-refractivity contribution is 0.764. The fraction of sp³-hybridized carbons (Fsp3) is 0.200. The number of rotatable bonds is 1. The zero-order valence-electron chi connectivity index (χ0n) is 8.53. The highest BCUT2D eigenvalue weighted by Gasteiger charge is 2.07. The van der Waals surface area contributed by atoms with Crippen LogP contribution in [0.25, 0.3) is 11.4 Å². The lowest BCUT2D eigenvalue weighted by atomic mass is 10.2. The summed E-state index contributed by atoms with van der Waals surface area (Å²) < 4.78 is 2.69. The van der Waals surface area contributed by atoms with E-state index in [1.807, 2.05) is 32.2 Å². The summed E-state index contributed by atoms with van der Waals surface area (Å²) in [4.78, 5) is 4.34. The van der Waals surface area contributed by atoms with Crippen LogP contribution >= 0.6 is 15.9 Å². The summed E-state index contributed by atoms with van der Waals surface area (Å²) in [6.07, 6.45) is 0. The average Bonchev–Trinajstić information content (AvgIpc) is 2.43. The van der Waals surface area contributed by atoms with Gasteiger partial charge in [-0.05, 0) is 25.1 Å². The number of benzene rings is 1. The van der Waals surface area contributed by atoms with E-state index in [0.29, 0.717) is 5.69 Å². The Morgan fingerprint density at radius 3 is 2.60 bits per heavy atom. The van der Waals surface area contributed by atoms with Gasteiger partial charge in [0.1, 0.15) is 5.82 Å². The molecule has 4 nitrogen and oxygen atoms in total. The van der Waals surface area contributed by atoms with Gasteiger partial charge in [0.05, 0.1) is 0 Å². The van der Waals surface area contributed by atoms with Crippen LogP contribution in [-0.4, -0.2) is 14.8 Å². The number of aromatic nitrogens is 3. The lowest BCUT2D eigenvalue weighted by Gasteiger charge is -2.02. The number of aryl methyl sites for hydroxylation is 2. The van der Waals surface area contributed by atoms with Crippen LogP contribution in [0.2, 0.25) is 0 Å². The van der Waals surface area contributed by atoms with E-state index in [2.05, 4.69) is 26.0 Å². The van der Waals surface area contributed by atoms with Crippen molar-refractivity contribution in [1.82, 2.24) is 14.8 Å². The first-order valence-corrected chi connectivity index (χ1v) is 5.29. The normalized spacial score (nSPS) is 10.6. The van der Waals surface area contributed by atoms with Crippen LogP contribution in [0.5, 0.6) is 0 Å². The summed E-state index contributed by atoms with van der Waals surface area (Å²) in [7, 11) is 1.87. The van der Waals surface area contributed by atoms with Gasteiger partial charge in [-0.1, -0.05) is 15.9 Å². The van der Waals surface area contributed by atoms with Crippen LogP contribution in [0.1, 0.15) is 5.82 Å². The van der Waals surface area contributed by atoms with Gasteiger partial charge in [-0.2, -0.15) is 5.10 Å². The molecular weight excluding hydrogens is 256 g/mol. The van der Waals surface area contributed by atoms with E-state index in [4.69, 9.17) is 5.73 Å². The third kappa shape index (κ3) is 2.02. The molecule has 2 aromatic rings. The molecule has 0 spiro atoms. The second-order valence-corrected chi connectivity index (χ2v) is 4.30. The summed E-state index contributed by atoms with van der Waals surface area (Å²) in [5.74, 6) is 1.58. The molecule has 0 unspecified atom stereocenters. The van der Waals surface area contributed by atoms with Crippen molar-refractivity contribution < 1.29 is 0 Å². The van der Waals surface area contributed by atoms with Crippen molar-refractivity contribution in [3.8, 4) is 11.4 Å². The maximum Gasteiger partial charge on any atom is 0.158 e. The highest BCUT2D eigenvalue weighted by atomic mass is 79.9. The number of hydrogen-bond donors (Lipinski definition) is 1. The Hall–Kier alpha value is -1.36. The fourth-order valence-corrected chi connectivity index (χ4v) is 2.02. The highest BCUT2D eigenvalue weighted by molar-refractivity contribution is 9.10. The Morgan fingerprint density at radius 2 is 2.07 bits per heavy atom. The van der Waals surface area contributed by atoms with Crippen LogP contribution in [0, 0.1) is 6.92 Å². The van der Waals surface area contributed by atoms with Crippen molar-refractivity contribution in [3.63, 3.8) is 0 Å². The minimum atomic E-state index is 0.708. The van der Waals surface area contributed by atoms with Gasteiger partial charge in [-0.3, -0.25) is 0 Å². The van der Waals surface area contributed by atoms with E-state index in [1.165, 1.54) is 0 Å². The van der Waals surface area contributed by atoms with Crippen molar-refractivity contribution in [2.45, 2.75) is 6.92 Å². The molecule has 1 aromatic heterocycles. The molecule has 1 heterocycles. The van der Waals surface area contributed by atoms with Gasteiger partial charge >= 0.3 is 0 Å². The number of nitrogens with two attached hydrogens (primary N) is 1. The largest absolute Gasteiger partial charge is 0.399 e. The molecule has 0 saturated carbocycles. The summed E-state index contributed by atoms with van der Waals surface area (Å²) in [6, 6.07) is 5.71. The summed E-state index contributed by atoms with van der Waals surface area (Å²) in [5.41, 5.74) is 7.44. The predicted molar refractivity (Wildman–Crippen MR) is 63.3 cm³/mol. The molecule has 15 heavy (non-hydrogen) atoms. The van der Waals surface area contributed by atoms with Crippen molar-refractivity contribution in [3.05, 3.63) is 28.5 Å². The molecule has 0 radical (unpaired) electrons. The van der Waals surface area contributed by atoms with E-state index >= 15 is 0 Å². The first-order valence-electron chi connectivity index (χ1n) is 4.50. The zero-order valence-corrected chi connectivity index (χ0v) is 10.1. The van der Waals surface area contributed by atoms with Crippen molar-refractivity contribution in [1.29, 1.82) is 0 Å². The fourth-order valence-electron chi connectivity index (χ4n) is 1.51. The smallest absolute Gasteiger partial charge is 0.158 e. The molecule has 78 valence electrons. The topological polar surface area (TPSA) is 56.7 Å². The van der Waals surface area contributed by atoms with E-state index in [1.54, 1.807) is 4.68 Å². The SMILES string of the molecule is Cc1nc(-c2cc(N)cc(Br)c2)n(C)n1. The number of anilines is 1. The van der Waals surface area contributed by atoms with Crippen LogP contribution in [0.4, 0.5) is 5.69 Å². The Kier molecular flexibility index (Phi) is 2.48. The standard InChI is InChI=1S/C10H11BrN4/c1-6-13-10(15(2)14-6)7-3-8(11)5-9(12)4-7/h3-5H,12H2,1-2H3. The Labute approximate surface area is 96.3 Å². The van der Waals surface area contributed by atoms with Gasteiger partial charge in [-0.25, -0.2) is 9.67 Å². The van der Waals surface area contributed by atoms with E-state index in [9.17, 15) is 0 Å². The second kappa shape index (κ2) is 3.66. The number of halogens is 1. The molecular formula is C10H11BrN4. The quantitative estimate of drug-likeness (QED) is 0.805. The maximum atomic E-state index is 5.77. The van der Waals surface area contributed by atoms with Crippen LogP contribution in [-0.2, 0) is 7.05 Å². The maximum absolute atomic E-state index is 5.77. The number of nitrogen functional groups attached to an aromatic ring is 1. The number of nitrogens with zero attached hydrogens (tertiary/aromatic N) is 3. The predicted octanol–water partition coefficient (Wildman–Crippen LogP) is 2.14. The Morgan fingerprint density at radius 1 is 1.33 bits per heavy atom. The molecule has 0 atom stereocenters. The monoisotopic (exact) mass is 266 g/mol. The molecule has 1 aromatic carbocycles. The first-order chi connectivity index (χ1) is 7.06. The van der Waals surface area contributed by atoms with Gasteiger partial charge in [0, 0.05) is 22.8 Å². The average molecular weight is 267 g/mol. The van der Waals surface area contributed by atoms with Gasteiger partial charge in [-0.15, -0.1) is 0 Å². The molecule has 0 aliphatic rings. The first kappa shape index (κ1) is 10.2. The van der Waals surface area contributed by atoms with Crippen LogP contribution in [0.3, 0.4) is 0 Å². The van der Waals surface area contributed by atoms with Crippen LogP contribution < -0.4 is 5.73 Å². The molecule has 0 amide bonds. The minimum absolute atomic E-state index is 0.708. The van der Waals surface area contributed by atoms with Gasteiger partial charge < -0.3 is 5.73 Å². The molecule has 0 aliphatic heterocycles. The number of hydrogen-bond acceptors (Lipinski definition) is 3. The lowest BCUT2D eigenvalue weighted by Crippen LogP contribution is -1.95. The molecule has 0 fully saturated rings. The highest BCUT2D eigenvalue weighted by Crippen LogP contribution is 2.24. The molecule has 0 saturated heterocycles. The van der Waals surface area contributed by atoms with Crippen LogP contribution in [0.15, 0.2) is 22.7 Å². The summed E-state index contributed by atoms with van der Waals surface area (Å²) >= 11 is 3.40. The van der Waals surface area contributed by atoms with E-state index < -0.39 is 0 Å². The van der Waals surface area contributed by atoms with E-state index in [-0.39, 0.29) is 0 Å². The van der Waals surface area contributed by atoms with E-state index in [0.717, 1.165) is 21.7 Å².